The van der Waals surface area contributed by atoms with Gasteiger partial charge in [-0.1, -0.05) is 29.8 Å². The highest BCUT2D eigenvalue weighted by Crippen LogP contribution is 2.00. The van der Waals surface area contributed by atoms with Crippen LogP contribution in [0.1, 0.15) is 24.0 Å². The molecule has 0 bridgehead atoms. The van der Waals surface area contributed by atoms with Gasteiger partial charge < -0.3 is 20.7 Å². The molecule has 1 aromatic rings. The monoisotopic (exact) mass is 239 g/mol. The highest BCUT2D eigenvalue weighted by atomic mass is 16.4. The van der Waals surface area contributed by atoms with Crippen LogP contribution in [0, 0.1) is 6.92 Å². The van der Waals surface area contributed by atoms with E-state index in [4.69, 9.17) is 5.11 Å². The number of hydrogen-bond donors (Lipinski definition) is 2. The zero-order chi connectivity index (χ0) is 13.3. The Morgan fingerprint density at radius 2 is 1.76 bits per heavy atom. The number of aliphatic carboxylic acids is 2. The lowest BCUT2D eigenvalue weighted by Gasteiger charge is -1.94. The van der Waals surface area contributed by atoms with Gasteiger partial charge in [0.05, 0.1) is 13.0 Å². The van der Waals surface area contributed by atoms with E-state index >= 15 is 0 Å². The van der Waals surface area contributed by atoms with Crippen molar-refractivity contribution < 1.29 is 25.5 Å². The molecule has 5 nitrogen and oxygen atoms in total. The molecule has 0 saturated carbocycles. The molecule has 94 valence electrons. The van der Waals surface area contributed by atoms with Crippen molar-refractivity contribution >= 4 is 11.9 Å². The predicted molar refractivity (Wildman–Crippen MR) is 59.6 cm³/mol. The van der Waals surface area contributed by atoms with Crippen LogP contribution in [0.4, 0.5) is 0 Å². The Balaban J connectivity index is 0.000000304. The third-order valence-electron chi connectivity index (χ3n) is 1.95. The summed E-state index contributed by atoms with van der Waals surface area (Å²) in [5, 5.41) is 17.4. The number of rotatable bonds is 4. The first-order valence-electron chi connectivity index (χ1n) is 5.22. The number of hydrogen-bond acceptors (Lipinski definition) is 3. The molecule has 0 heterocycles. The molecule has 4 N–H and O–H groups in total. The number of carboxylic acids is 2. The molecule has 1 rings (SSSR count). The van der Waals surface area contributed by atoms with E-state index in [0.29, 0.717) is 0 Å². The van der Waals surface area contributed by atoms with E-state index in [0.717, 1.165) is 6.54 Å². The van der Waals surface area contributed by atoms with Crippen LogP contribution in [-0.4, -0.2) is 17.0 Å². The number of carbonyl (C=O) groups excluding carboxylic acids is 1. The molecule has 5 heteroatoms. The average molecular weight is 239 g/mol. The quantitative estimate of drug-likeness (QED) is 0.727. The minimum Gasteiger partial charge on any atom is -0.550 e. The summed E-state index contributed by atoms with van der Waals surface area (Å²) in [6, 6.07) is 8.45. The molecule has 17 heavy (non-hydrogen) atoms. The summed E-state index contributed by atoms with van der Waals surface area (Å²) in [7, 11) is 0. The summed E-state index contributed by atoms with van der Waals surface area (Å²) in [4.78, 5) is 19.1. The fourth-order valence-electron chi connectivity index (χ4n) is 0.964. The third kappa shape index (κ3) is 9.07. The topological polar surface area (TPSA) is 105 Å². The number of quaternary nitrogens is 1. The lowest BCUT2D eigenvalue weighted by Crippen LogP contribution is -2.47. The van der Waals surface area contributed by atoms with Crippen LogP contribution < -0.4 is 10.8 Å². The lowest BCUT2D eigenvalue weighted by molar-refractivity contribution is -0.386. The predicted octanol–water partition coefficient (Wildman–Crippen LogP) is -0.662. The van der Waals surface area contributed by atoms with Gasteiger partial charge in [0.15, 0.2) is 0 Å². The second-order valence-electron chi connectivity index (χ2n) is 3.50. The van der Waals surface area contributed by atoms with Gasteiger partial charge in [-0.3, -0.25) is 4.79 Å². The lowest BCUT2D eigenvalue weighted by atomic mass is 10.2. The molecule has 0 unspecified atom stereocenters. The van der Waals surface area contributed by atoms with Gasteiger partial charge in [-0.2, -0.15) is 0 Å². The Labute approximate surface area is 99.9 Å². The molecule has 0 aliphatic carbocycles. The molecule has 0 amide bonds. The Kier molecular flexibility index (Phi) is 7.38. The summed E-state index contributed by atoms with van der Waals surface area (Å²) >= 11 is 0. The van der Waals surface area contributed by atoms with Crippen LogP contribution >= 0.6 is 0 Å². The minimum atomic E-state index is -1.33. The number of carbonyl (C=O) groups is 2. The van der Waals surface area contributed by atoms with Crippen LogP contribution in [0.25, 0.3) is 0 Å². The van der Waals surface area contributed by atoms with Gasteiger partial charge in [-0.15, -0.1) is 0 Å². The first kappa shape index (κ1) is 15.1. The fraction of sp³-hybridized carbons (Fsp3) is 0.333. The van der Waals surface area contributed by atoms with Crippen LogP contribution in [0.3, 0.4) is 0 Å². The van der Waals surface area contributed by atoms with Crippen molar-refractivity contribution in [3.63, 3.8) is 0 Å². The van der Waals surface area contributed by atoms with Crippen molar-refractivity contribution in [2.24, 2.45) is 0 Å². The Bertz CT molecular complexity index is 345. The summed E-state index contributed by atoms with van der Waals surface area (Å²) in [6.45, 7) is 2.98. The van der Waals surface area contributed by atoms with E-state index in [2.05, 4.69) is 36.9 Å². The van der Waals surface area contributed by atoms with Crippen LogP contribution in [0.2, 0.25) is 0 Å². The van der Waals surface area contributed by atoms with Crippen LogP contribution in [0.15, 0.2) is 24.3 Å². The largest absolute Gasteiger partial charge is 0.550 e. The maximum absolute atomic E-state index is 9.61. The van der Waals surface area contributed by atoms with Crippen molar-refractivity contribution in [2.75, 3.05) is 0 Å². The van der Waals surface area contributed by atoms with Crippen molar-refractivity contribution in [1.82, 2.24) is 0 Å². The zero-order valence-corrected chi connectivity index (χ0v) is 9.81. The van der Waals surface area contributed by atoms with Gasteiger partial charge >= 0.3 is 5.97 Å². The van der Waals surface area contributed by atoms with E-state index < -0.39 is 18.4 Å². The Morgan fingerprint density at radius 1 is 1.24 bits per heavy atom. The average Bonchev–Trinajstić information content (AvgIpc) is 2.28. The molecular formula is C12H17NO4. The fourth-order valence-corrected chi connectivity index (χ4v) is 0.964. The van der Waals surface area contributed by atoms with Gasteiger partial charge in [0.1, 0.15) is 0 Å². The smallest absolute Gasteiger partial charge is 0.303 e. The summed E-state index contributed by atoms with van der Waals surface area (Å²) in [6.07, 6.45) is -0.766. The SMILES string of the molecule is Cc1ccc(C[NH3+])cc1.O=C([O-])CCC(=O)O. The van der Waals surface area contributed by atoms with E-state index in [-0.39, 0.29) is 6.42 Å². The van der Waals surface area contributed by atoms with E-state index in [9.17, 15) is 14.7 Å². The van der Waals surface area contributed by atoms with Gasteiger partial charge in [0.2, 0.25) is 0 Å². The molecule has 0 fully saturated rings. The van der Waals surface area contributed by atoms with Crippen LogP contribution in [-0.2, 0) is 16.1 Å². The summed E-state index contributed by atoms with van der Waals surface area (Å²) in [5.41, 5.74) is 6.40. The maximum Gasteiger partial charge on any atom is 0.303 e. The molecule has 0 aliphatic heterocycles. The first-order valence-corrected chi connectivity index (χ1v) is 5.22. The number of benzene rings is 1. The highest BCUT2D eigenvalue weighted by molar-refractivity contribution is 5.74. The molecular weight excluding hydrogens is 222 g/mol. The number of aryl methyl sites for hydroxylation is 1. The van der Waals surface area contributed by atoms with E-state index in [1.807, 2.05) is 0 Å². The maximum atomic E-state index is 9.61. The van der Waals surface area contributed by atoms with Crippen molar-refractivity contribution in [2.45, 2.75) is 26.3 Å². The molecule has 0 aromatic heterocycles. The molecule has 0 saturated heterocycles. The molecule has 1 aromatic carbocycles. The molecule has 0 radical (unpaired) electrons. The van der Waals surface area contributed by atoms with Crippen molar-refractivity contribution in [1.29, 1.82) is 0 Å². The second-order valence-corrected chi connectivity index (χ2v) is 3.50. The zero-order valence-electron chi connectivity index (χ0n) is 9.81. The standard InChI is InChI=1S/C8H11N.C4H6O4/c1-7-2-4-8(6-9)5-3-7;5-3(6)1-2-4(7)8/h2-5H,6,9H2,1H3;1-2H2,(H,5,6)(H,7,8). The summed E-state index contributed by atoms with van der Waals surface area (Å²) < 4.78 is 0. The van der Waals surface area contributed by atoms with Gasteiger partial charge in [-0.25, -0.2) is 0 Å². The highest BCUT2D eigenvalue weighted by Gasteiger charge is 1.94. The van der Waals surface area contributed by atoms with E-state index in [1.54, 1.807) is 0 Å². The first-order chi connectivity index (χ1) is 7.95. The summed E-state index contributed by atoms with van der Waals surface area (Å²) in [5.74, 6) is -2.44. The number of carboxylic acid groups (broad SMARTS) is 2. The molecule has 0 aliphatic rings. The van der Waals surface area contributed by atoms with Gasteiger partial charge in [0.25, 0.3) is 0 Å². The van der Waals surface area contributed by atoms with E-state index in [1.165, 1.54) is 11.1 Å². The van der Waals surface area contributed by atoms with Crippen molar-refractivity contribution in [3.8, 4) is 0 Å². The second kappa shape index (κ2) is 8.29. The molecule has 0 atom stereocenters. The van der Waals surface area contributed by atoms with Crippen LogP contribution in [0.5, 0.6) is 0 Å². The van der Waals surface area contributed by atoms with Gasteiger partial charge in [0, 0.05) is 11.5 Å². The normalized spacial score (nSPS) is 9.06. The molecule has 0 spiro atoms. The van der Waals surface area contributed by atoms with Gasteiger partial charge in [-0.05, 0) is 13.3 Å². The van der Waals surface area contributed by atoms with Crippen molar-refractivity contribution in [3.05, 3.63) is 35.4 Å². The third-order valence-corrected chi connectivity index (χ3v) is 1.95. The Hall–Kier alpha value is -1.88. The Morgan fingerprint density at radius 3 is 2.06 bits per heavy atom. The minimum absolute atomic E-state index is 0.359.